The van der Waals surface area contributed by atoms with Crippen molar-refractivity contribution in [3.63, 3.8) is 0 Å². The number of hydrogen-bond donors (Lipinski definition) is 1. The monoisotopic (exact) mass is 239 g/mol. The zero-order valence-corrected chi connectivity index (χ0v) is 10.6. The van der Waals surface area contributed by atoms with E-state index in [4.69, 9.17) is 16.3 Å². The molecule has 1 unspecified atom stereocenters. The predicted molar refractivity (Wildman–Crippen MR) is 69.3 cm³/mol. The van der Waals surface area contributed by atoms with Crippen LogP contribution in [-0.2, 0) is 0 Å². The highest BCUT2D eigenvalue weighted by atomic mass is 35.5. The minimum atomic E-state index is 0.446. The van der Waals surface area contributed by atoms with Gasteiger partial charge >= 0.3 is 0 Å². The van der Waals surface area contributed by atoms with Gasteiger partial charge in [-0.15, -0.1) is 0 Å². The zero-order chi connectivity index (χ0) is 12.0. The lowest BCUT2D eigenvalue weighted by molar-refractivity contribution is 0.414. The Labute approximate surface area is 102 Å². The van der Waals surface area contributed by atoms with E-state index in [0.29, 0.717) is 17.5 Å². The Balaban J connectivity index is 2.45. The Morgan fingerprint density at radius 2 is 2.06 bits per heavy atom. The van der Waals surface area contributed by atoms with Gasteiger partial charge in [0.2, 0.25) is 0 Å². The molecule has 0 aromatic heterocycles. The molecule has 0 amide bonds. The fraction of sp³-hybridized carbons (Fsp3) is 0.385. The van der Waals surface area contributed by atoms with E-state index in [1.807, 2.05) is 12.1 Å². The summed E-state index contributed by atoms with van der Waals surface area (Å²) in [4.78, 5) is 0. The number of hydrogen-bond acceptors (Lipinski definition) is 2. The Kier molecular flexibility index (Phi) is 5.36. The maximum Gasteiger partial charge on any atom is 0.118 e. The smallest absolute Gasteiger partial charge is 0.118 e. The molecule has 0 aliphatic carbocycles. The molecule has 0 heterocycles. The van der Waals surface area contributed by atoms with Crippen molar-refractivity contribution >= 4 is 11.6 Å². The first kappa shape index (κ1) is 13.1. The highest BCUT2D eigenvalue weighted by Crippen LogP contribution is 2.18. The highest BCUT2D eigenvalue weighted by Gasteiger charge is 2.04. The summed E-state index contributed by atoms with van der Waals surface area (Å²) >= 11 is 5.67. The van der Waals surface area contributed by atoms with E-state index in [9.17, 15) is 0 Å². The molecule has 3 heteroatoms. The fourth-order valence-corrected chi connectivity index (χ4v) is 1.57. The summed E-state index contributed by atoms with van der Waals surface area (Å²) in [6.07, 6.45) is 0. The summed E-state index contributed by atoms with van der Waals surface area (Å²) in [6, 6.07) is 8.13. The lowest BCUT2D eigenvalue weighted by Crippen LogP contribution is -2.21. The van der Waals surface area contributed by atoms with Crippen LogP contribution in [0.4, 0.5) is 0 Å². The molecule has 0 fully saturated rings. The van der Waals surface area contributed by atoms with Crippen LogP contribution in [0.5, 0.6) is 5.75 Å². The standard InChI is InChI=1S/C13H18ClNO/c1-10(8-15-9-11(2)14)12-4-6-13(16-3)7-5-12/h4-7,10,15H,2,8-9H2,1,3H3. The second kappa shape index (κ2) is 6.56. The molecular formula is C13H18ClNO. The number of ether oxygens (including phenoxy) is 1. The van der Waals surface area contributed by atoms with Gasteiger partial charge in [0.05, 0.1) is 7.11 Å². The molecule has 1 N–H and O–H groups in total. The number of rotatable bonds is 6. The lowest BCUT2D eigenvalue weighted by Gasteiger charge is -2.13. The normalized spacial score (nSPS) is 12.2. The van der Waals surface area contributed by atoms with Crippen molar-refractivity contribution in [3.05, 3.63) is 41.4 Å². The van der Waals surface area contributed by atoms with Gasteiger partial charge in [0.15, 0.2) is 0 Å². The van der Waals surface area contributed by atoms with Crippen molar-refractivity contribution in [2.45, 2.75) is 12.8 Å². The molecule has 1 aromatic carbocycles. The largest absolute Gasteiger partial charge is 0.497 e. The van der Waals surface area contributed by atoms with Crippen LogP contribution in [0.2, 0.25) is 0 Å². The van der Waals surface area contributed by atoms with Crippen LogP contribution in [0.25, 0.3) is 0 Å². The zero-order valence-electron chi connectivity index (χ0n) is 9.79. The first-order valence-electron chi connectivity index (χ1n) is 5.31. The van der Waals surface area contributed by atoms with Crippen LogP contribution in [0.3, 0.4) is 0 Å². The molecule has 2 nitrogen and oxygen atoms in total. The molecule has 0 spiro atoms. The van der Waals surface area contributed by atoms with Crippen molar-refractivity contribution in [2.24, 2.45) is 0 Å². The highest BCUT2D eigenvalue weighted by molar-refractivity contribution is 6.29. The molecule has 0 saturated heterocycles. The van der Waals surface area contributed by atoms with Gasteiger partial charge in [-0.25, -0.2) is 0 Å². The van der Waals surface area contributed by atoms with Gasteiger partial charge in [-0.1, -0.05) is 37.2 Å². The van der Waals surface area contributed by atoms with Gasteiger partial charge in [0, 0.05) is 18.1 Å². The third-order valence-electron chi connectivity index (χ3n) is 2.45. The van der Waals surface area contributed by atoms with Crippen molar-refractivity contribution in [1.82, 2.24) is 5.32 Å². The number of benzene rings is 1. The van der Waals surface area contributed by atoms with Crippen molar-refractivity contribution in [2.75, 3.05) is 20.2 Å². The van der Waals surface area contributed by atoms with Crippen LogP contribution in [-0.4, -0.2) is 20.2 Å². The van der Waals surface area contributed by atoms with Gasteiger partial charge < -0.3 is 10.1 Å². The minimum Gasteiger partial charge on any atom is -0.497 e. The summed E-state index contributed by atoms with van der Waals surface area (Å²) in [6.45, 7) is 7.35. The minimum absolute atomic E-state index is 0.446. The number of methoxy groups -OCH3 is 1. The molecule has 0 radical (unpaired) electrons. The lowest BCUT2D eigenvalue weighted by atomic mass is 10.0. The quantitative estimate of drug-likeness (QED) is 0.824. The summed E-state index contributed by atoms with van der Waals surface area (Å²) in [5.41, 5.74) is 1.29. The SMILES string of the molecule is C=C(Cl)CNCC(C)c1ccc(OC)cc1. The average Bonchev–Trinajstić information content (AvgIpc) is 2.28. The molecule has 0 bridgehead atoms. The van der Waals surface area contributed by atoms with Gasteiger partial charge in [-0.2, -0.15) is 0 Å². The number of halogens is 1. The fourth-order valence-electron chi connectivity index (χ4n) is 1.47. The van der Waals surface area contributed by atoms with Gasteiger partial charge in [-0.3, -0.25) is 0 Å². The van der Waals surface area contributed by atoms with Crippen LogP contribution in [0, 0.1) is 0 Å². The molecule has 0 aliphatic rings. The molecule has 0 saturated carbocycles. The van der Waals surface area contributed by atoms with E-state index in [0.717, 1.165) is 12.3 Å². The topological polar surface area (TPSA) is 21.3 Å². The molecule has 1 aromatic rings. The maximum absolute atomic E-state index is 5.67. The molecule has 0 aliphatic heterocycles. The summed E-state index contributed by atoms with van der Waals surface area (Å²) < 4.78 is 5.12. The van der Waals surface area contributed by atoms with E-state index in [1.54, 1.807) is 7.11 Å². The number of nitrogens with one attached hydrogen (secondary N) is 1. The van der Waals surface area contributed by atoms with Gasteiger partial charge in [-0.05, 0) is 23.6 Å². The Morgan fingerprint density at radius 3 is 2.56 bits per heavy atom. The third kappa shape index (κ3) is 4.25. The maximum atomic E-state index is 5.67. The van der Waals surface area contributed by atoms with Gasteiger partial charge in [0.1, 0.15) is 5.75 Å². The Morgan fingerprint density at radius 1 is 1.44 bits per heavy atom. The van der Waals surface area contributed by atoms with Crippen molar-refractivity contribution in [1.29, 1.82) is 0 Å². The third-order valence-corrected chi connectivity index (χ3v) is 2.59. The van der Waals surface area contributed by atoms with Gasteiger partial charge in [0.25, 0.3) is 0 Å². The van der Waals surface area contributed by atoms with Crippen molar-refractivity contribution < 1.29 is 4.74 Å². The Bertz CT molecular complexity index is 334. The molecule has 16 heavy (non-hydrogen) atoms. The molecule has 1 rings (SSSR count). The average molecular weight is 240 g/mol. The van der Waals surface area contributed by atoms with Crippen LogP contribution in [0.1, 0.15) is 18.4 Å². The van der Waals surface area contributed by atoms with E-state index in [2.05, 4.69) is 31.0 Å². The Hall–Kier alpha value is -0.990. The first-order valence-corrected chi connectivity index (χ1v) is 5.69. The molecule has 88 valence electrons. The molecule has 1 atom stereocenters. The van der Waals surface area contributed by atoms with E-state index in [1.165, 1.54) is 5.56 Å². The summed E-state index contributed by atoms with van der Waals surface area (Å²) in [5, 5.41) is 3.89. The van der Waals surface area contributed by atoms with E-state index in [-0.39, 0.29) is 0 Å². The summed E-state index contributed by atoms with van der Waals surface area (Å²) in [7, 11) is 1.67. The second-order valence-corrected chi connectivity index (χ2v) is 4.36. The molecular weight excluding hydrogens is 222 g/mol. The van der Waals surface area contributed by atoms with Crippen molar-refractivity contribution in [3.8, 4) is 5.75 Å². The van der Waals surface area contributed by atoms with E-state index >= 15 is 0 Å². The van der Waals surface area contributed by atoms with Crippen LogP contribution < -0.4 is 10.1 Å². The summed E-state index contributed by atoms with van der Waals surface area (Å²) in [5.74, 6) is 1.33. The second-order valence-electron chi connectivity index (χ2n) is 3.82. The van der Waals surface area contributed by atoms with Crippen LogP contribution >= 0.6 is 11.6 Å². The van der Waals surface area contributed by atoms with E-state index < -0.39 is 0 Å². The predicted octanol–water partition coefficient (Wildman–Crippen LogP) is 3.14. The van der Waals surface area contributed by atoms with Crippen LogP contribution in [0.15, 0.2) is 35.9 Å². The first-order chi connectivity index (χ1) is 7.63.